The van der Waals surface area contributed by atoms with Crippen molar-refractivity contribution in [2.45, 2.75) is 12.8 Å². The molecule has 1 atom stereocenters. The number of ketones is 1. The molecule has 5 rings (SSSR count). The van der Waals surface area contributed by atoms with E-state index in [9.17, 15) is 4.79 Å². The summed E-state index contributed by atoms with van der Waals surface area (Å²) in [4.78, 5) is 29.9. The highest BCUT2D eigenvalue weighted by molar-refractivity contribution is 5.98. The number of piperazine rings is 1. The fraction of sp³-hybridized carbons (Fsp3) is 0.280. The van der Waals surface area contributed by atoms with E-state index in [4.69, 9.17) is 4.98 Å². The molecule has 6 heteroatoms. The number of nitrogens with one attached hydrogen (secondary N) is 1. The SMILES string of the molecule is O=C1C[C@H](/C=C/c2ccccc2)Cc2nc(N3CCN(c4cccc[nH+]4)CC3)ncc21. The molecule has 1 aliphatic heterocycles. The van der Waals surface area contributed by atoms with Gasteiger partial charge < -0.3 is 4.90 Å². The van der Waals surface area contributed by atoms with Gasteiger partial charge in [-0.2, -0.15) is 0 Å². The Labute approximate surface area is 182 Å². The maximum absolute atomic E-state index is 12.7. The van der Waals surface area contributed by atoms with Crippen LogP contribution >= 0.6 is 0 Å². The fourth-order valence-corrected chi connectivity index (χ4v) is 4.29. The Morgan fingerprint density at radius 3 is 2.48 bits per heavy atom. The second-order valence-corrected chi connectivity index (χ2v) is 8.11. The number of H-pyrrole nitrogens is 1. The molecule has 1 saturated heterocycles. The minimum absolute atomic E-state index is 0.139. The molecule has 1 aliphatic carbocycles. The first-order valence-electron chi connectivity index (χ1n) is 10.9. The third-order valence-electron chi connectivity index (χ3n) is 6.01. The van der Waals surface area contributed by atoms with E-state index in [-0.39, 0.29) is 11.7 Å². The van der Waals surface area contributed by atoms with Crippen molar-refractivity contribution >= 4 is 23.6 Å². The van der Waals surface area contributed by atoms with Crippen LogP contribution in [-0.4, -0.2) is 41.9 Å². The summed E-state index contributed by atoms with van der Waals surface area (Å²) in [7, 11) is 0. The molecule has 31 heavy (non-hydrogen) atoms. The predicted octanol–water partition coefficient (Wildman–Crippen LogP) is 3.08. The zero-order chi connectivity index (χ0) is 21.0. The monoisotopic (exact) mass is 412 g/mol. The number of hydrogen-bond donors (Lipinski definition) is 0. The van der Waals surface area contributed by atoms with Crippen molar-refractivity contribution < 1.29 is 9.78 Å². The van der Waals surface area contributed by atoms with Gasteiger partial charge in [-0.1, -0.05) is 48.6 Å². The number of aromatic amines is 1. The van der Waals surface area contributed by atoms with Crippen molar-refractivity contribution in [1.29, 1.82) is 0 Å². The van der Waals surface area contributed by atoms with E-state index in [1.807, 2.05) is 36.5 Å². The van der Waals surface area contributed by atoms with Crippen LogP contribution in [0.2, 0.25) is 0 Å². The smallest absolute Gasteiger partial charge is 0.274 e. The number of carbonyl (C=O) groups excluding carboxylic acids is 1. The van der Waals surface area contributed by atoms with Crippen LogP contribution in [0.25, 0.3) is 6.08 Å². The highest BCUT2D eigenvalue weighted by Gasteiger charge is 2.28. The molecule has 0 unspecified atom stereocenters. The van der Waals surface area contributed by atoms with Gasteiger partial charge in [0.1, 0.15) is 13.1 Å². The van der Waals surface area contributed by atoms with Crippen LogP contribution in [0.15, 0.2) is 67.0 Å². The van der Waals surface area contributed by atoms with Gasteiger partial charge >= 0.3 is 0 Å². The number of benzene rings is 1. The zero-order valence-electron chi connectivity index (χ0n) is 17.4. The number of nitrogens with zero attached hydrogens (tertiary/aromatic N) is 4. The van der Waals surface area contributed by atoms with Crippen LogP contribution in [0.5, 0.6) is 0 Å². The third kappa shape index (κ3) is 4.33. The third-order valence-corrected chi connectivity index (χ3v) is 6.01. The van der Waals surface area contributed by atoms with Crippen LogP contribution in [0.3, 0.4) is 0 Å². The summed E-state index contributed by atoms with van der Waals surface area (Å²) < 4.78 is 0. The van der Waals surface area contributed by atoms with Crippen LogP contribution in [-0.2, 0) is 6.42 Å². The van der Waals surface area contributed by atoms with Crippen molar-refractivity contribution in [3.63, 3.8) is 0 Å². The Kier molecular flexibility index (Phi) is 5.44. The highest BCUT2D eigenvalue weighted by Crippen LogP contribution is 2.27. The van der Waals surface area contributed by atoms with E-state index in [0.29, 0.717) is 12.0 Å². The lowest BCUT2D eigenvalue weighted by Gasteiger charge is -2.31. The minimum Gasteiger partial charge on any atom is -0.333 e. The van der Waals surface area contributed by atoms with Gasteiger partial charge in [0.15, 0.2) is 5.78 Å². The molecule has 1 fully saturated rings. The van der Waals surface area contributed by atoms with Crippen LogP contribution in [0.4, 0.5) is 11.8 Å². The molecule has 0 radical (unpaired) electrons. The average Bonchev–Trinajstić information content (AvgIpc) is 2.84. The van der Waals surface area contributed by atoms with Gasteiger partial charge in [0.2, 0.25) is 5.95 Å². The first-order chi connectivity index (χ1) is 15.3. The van der Waals surface area contributed by atoms with E-state index < -0.39 is 0 Å². The summed E-state index contributed by atoms with van der Waals surface area (Å²) in [6, 6.07) is 16.3. The predicted molar refractivity (Wildman–Crippen MR) is 121 cm³/mol. The zero-order valence-corrected chi connectivity index (χ0v) is 17.4. The first kappa shape index (κ1) is 19.4. The second kappa shape index (κ2) is 8.68. The van der Waals surface area contributed by atoms with Crippen molar-refractivity contribution in [2.75, 3.05) is 36.0 Å². The summed E-state index contributed by atoms with van der Waals surface area (Å²) >= 11 is 0. The van der Waals surface area contributed by atoms with E-state index in [2.05, 4.69) is 50.1 Å². The molecule has 6 nitrogen and oxygen atoms in total. The molecule has 2 aromatic heterocycles. The molecule has 0 spiro atoms. The summed E-state index contributed by atoms with van der Waals surface area (Å²) in [6.45, 7) is 3.52. The van der Waals surface area contributed by atoms with Crippen LogP contribution < -0.4 is 14.8 Å². The van der Waals surface area contributed by atoms with Crippen LogP contribution in [0.1, 0.15) is 28.0 Å². The van der Waals surface area contributed by atoms with Crippen LogP contribution in [0, 0.1) is 5.92 Å². The van der Waals surface area contributed by atoms with Gasteiger partial charge in [-0.05, 0) is 24.0 Å². The Morgan fingerprint density at radius 1 is 0.935 bits per heavy atom. The van der Waals surface area contributed by atoms with E-state index in [1.54, 1.807) is 6.20 Å². The van der Waals surface area contributed by atoms with Gasteiger partial charge in [-0.3, -0.25) is 9.69 Å². The first-order valence-corrected chi connectivity index (χ1v) is 10.9. The molecule has 0 amide bonds. The Balaban J connectivity index is 1.28. The molecule has 3 heterocycles. The lowest BCUT2D eigenvalue weighted by Crippen LogP contribution is -2.48. The number of carbonyl (C=O) groups is 1. The average molecular weight is 413 g/mol. The van der Waals surface area contributed by atoms with Crippen molar-refractivity contribution in [3.8, 4) is 0 Å². The van der Waals surface area contributed by atoms with E-state index in [0.717, 1.165) is 55.6 Å². The Bertz CT molecular complexity index is 1080. The Morgan fingerprint density at radius 2 is 1.71 bits per heavy atom. The number of fused-ring (bicyclic) bond motifs is 1. The highest BCUT2D eigenvalue weighted by atomic mass is 16.1. The molecule has 2 aliphatic rings. The molecule has 0 bridgehead atoms. The quantitative estimate of drug-likeness (QED) is 0.659. The molecular formula is C25H26N5O+. The minimum atomic E-state index is 0.139. The van der Waals surface area contributed by atoms with Gasteiger partial charge in [0.25, 0.3) is 5.82 Å². The number of rotatable bonds is 4. The number of anilines is 2. The van der Waals surface area contributed by atoms with Gasteiger partial charge in [-0.25, -0.2) is 15.0 Å². The summed E-state index contributed by atoms with van der Waals surface area (Å²) in [5.74, 6) is 2.18. The number of pyridine rings is 1. The number of Topliss-reactive ketones (excluding diaryl/α,β-unsaturated/α-hetero) is 1. The summed E-state index contributed by atoms with van der Waals surface area (Å²) in [5, 5.41) is 0. The maximum atomic E-state index is 12.7. The molecule has 156 valence electrons. The molecule has 1 N–H and O–H groups in total. The Hall–Kier alpha value is -3.54. The topological polar surface area (TPSA) is 63.5 Å². The lowest BCUT2D eigenvalue weighted by atomic mass is 9.86. The maximum Gasteiger partial charge on any atom is 0.274 e. The molecule has 0 saturated carbocycles. The van der Waals surface area contributed by atoms with Gasteiger partial charge in [0, 0.05) is 18.7 Å². The van der Waals surface area contributed by atoms with Crippen molar-refractivity contribution in [2.24, 2.45) is 5.92 Å². The summed E-state index contributed by atoms with van der Waals surface area (Å²) in [5.41, 5.74) is 2.71. The standard InChI is InChI=1S/C25H25N5O/c31-23-17-20(10-9-19-6-2-1-3-7-19)16-22-21(23)18-27-25(28-22)30-14-12-29(13-15-30)24-8-4-5-11-26-24/h1-11,18,20H,12-17H2/p+1/b10-9+/t20-/m1/s1. The lowest BCUT2D eigenvalue weighted by molar-refractivity contribution is -0.364. The molecular weight excluding hydrogens is 386 g/mol. The number of allylic oxidation sites excluding steroid dienone is 1. The fourth-order valence-electron chi connectivity index (χ4n) is 4.29. The van der Waals surface area contributed by atoms with E-state index >= 15 is 0 Å². The van der Waals surface area contributed by atoms with Crippen molar-refractivity contribution in [1.82, 2.24) is 9.97 Å². The normalized spacial score (nSPS) is 19.0. The van der Waals surface area contributed by atoms with Gasteiger partial charge in [-0.15, -0.1) is 0 Å². The van der Waals surface area contributed by atoms with Gasteiger partial charge in [0.05, 0.1) is 30.5 Å². The largest absolute Gasteiger partial charge is 0.333 e. The number of hydrogen-bond acceptors (Lipinski definition) is 5. The number of aromatic nitrogens is 3. The molecule has 3 aromatic rings. The van der Waals surface area contributed by atoms with Crippen molar-refractivity contribution in [3.05, 3.63) is 83.8 Å². The second-order valence-electron chi connectivity index (χ2n) is 8.11. The van der Waals surface area contributed by atoms with E-state index in [1.165, 1.54) is 0 Å². The summed E-state index contributed by atoms with van der Waals surface area (Å²) in [6.07, 6.45) is 9.23. The molecule has 1 aromatic carbocycles.